The Morgan fingerprint density at radius 3 is 2.94 bits per heavy atom. The summed E-state index contributed by atoms with van der Waals surface area (Å²) in [4.78, 5) is 0. The third-order valence-corrected chi connectivity index (χ3v) is 3.61. The van der Waals surface area contributed by atoms with E-state index in [4.69, 9.17) is 4.74 Å². The van der Waals surface area contributed by atoms with Crippen LogP contribution in [0.25, 0.3) is 0 Å². The third kappa shape index (κ3) is 2.29. The topological polar surface area (TPSA) is 29.5 Å². The highest BCUT2D eigenvalue weighted by Gasteiger charge is 2.32. The zero-order valence-electron chi connectivity index (χ0n) is 8.99. The van der Waals surface area contributed by atoms with Gasteiger partial charge < -0.3 is 9.84 Å². The molecule has 1 aromatic carbocycles. The molecule has 0 spiro atoms. The first-order valence-electron chi connectivity index (χ1n) is 5.34. The summed E-state index contributed by atoms with van der Waals surface area (Å²) in [6.07, 6.45) is -0.0442. The van der Waals surface area contributed by atoms with Gasteiger partial charge in [-0.3, -0.25) is 0 Å². The van der Waals surface area contributed by atoms with Crippen LogP contribution < -0.4 is 0 Å². The molecule has 0 amide bonds. The molecule has 3 unspecified atom stereocenters. The third-order valence-electron chi connectivity index (χ3n) is 3.12. The van der Waals surface area contributed by atoms with Crippen molar-refractivity contribution >= 4 is 15.9 Å². The number of benzene rings is 1. The second-order valence-corrected chi connectivity index (χ2v) is 5.05. The van der Waals surface area contributed by atoms with Crippen LogP contribution in [0.15, 0.2) is 22.7 Å². The number of rotatable bonds is 2. The summed E-state index contributed by atoms with van der Waals surface area (Å²) in [5, 5.41) is 10.2. The molecular weight excluding hydrogens is 275 g/mol. The van der Waals surface area contributed by atoms with E-state index in [1.807, 2.05) is 6.92 Å². The van der Waals surface area contributed by atoms with Gasteiger partial charge in [-0.05, 0) is 31.5 Å². The number of halogens is 2. The fourth-order valence-corrected chi connectivity index (χ4v) is 2.51. The van der Waals surface area contributed by atoms with E-state index in [1.54, 1.807) is 12.1 Å². The Balaban J connectivity index is 2.25. The van der Waals surface area contributed by atoms with Gasteiger partial charge in [0.05, 0.1) is 12.2 Å². The standard InChI is InChI=1S/C12H14BrFO2/c1-7-9(4-5-16-7)12(15)10-6-8(13)2-3-11(10)14/h2-3,6-7,9,12,15H,4-5H2,1H3. The Bertz CT molecular complexity index is 383. The highest BCUT2D eigenvalue weighted by atomic mass is 79.9. The lowest BCUT2D eigenvalue weighted by Gasteiger charge is -2.21. The average Bonchev–Trinajstić information content (AvgIpc) is 2.67. The van der Waals surface area contributed by atoms with Crippen molar-refractivity contribution in [1.82, 2.24) is 0 Å². The smallest absolute Gasteiger partial charge is 0.129 e. The maximum Gasteiger partial charge on any atom is 0.129 e. The fraction of sp³-hybridized carbons (Fsp3) is 0.500. The summed E-state index contributed by atoms with van der Waals surface area (Å²) < 4.78 is 19.7. The van der Waals surface area contributed by atoms with Crippen molar-refractivity contribution in [2.45, 2.75) is 25.6 Å². The Morgan fingerprint density at radius 1 is 1.56 bits per heavy atom. The lowest BCUT2D eigenvalue weighted by Crippen LogP contribution is -2.20. The Labute approximate surface area is 103 Å². The van der Waals surface area contributed by atoms with E-state index >= 15 is 0 Å². The van der Waals surface area contributed by atoms with Crippen LogP contribution >= 0.6 is 15.9 Å². The maximum atomic E-state index is 13.6. The molecule has 0 radical (unpaired) electrons. The van der Waals surface area contributed by atoms with Crippen LogP contribution in [0.3, 0.4) is 0 Å². The molecule has 1 fully saturated rings. The molecule has 3 atom stereocenters. The molecule has 2 rings (SSSR count). The van der Waals surface area contributed by atoms with Crippen molar-refractivity contribution in [1.29, 1.82) is 0 Å². The monoisotopic (exact) mass is 288 g/mol. The molecule has 2 nitrogen and oxygen atoms in total. The molecule has 1 aliphatic rings. The molecule has 88 valence electrons. The first kappa shape index (κ1) is 12.0. The summed E-state index contributed by atoms with van der Waals surface area (Å²) in [6.45, 7) is 2.55. The zero-order valence-corrected chi connectivity index (χ0v) is 10.6. The van der Waals surface area contributed by atoms with Crippen LogP contribution in [-0.2, 0) is 4.74 Å². The van der Waals surface area contributed by atoms with Gasteiger partial charge in [0.2, 0.25) is 0 Å². The van der Waals surface area contributed by atoms with Gasteiger partial charge in [0.25, 0.3) is 0 Å². The first-order chi connectivity index (χ1) is 7.59. The SMILES string of the molecule is CC1OCCC1C(O)c1cc(Br)ccc1F. The second-order valence-electron chi connectivity index (χ2n) is 4.14. The number of hydrogen-bond donors (Lipinski definition) is 1. The molecular formula is C12H14BrFO2. The maximum absolute atomic E-state index is 13.6. The van der Waals surface area contributed by atoms with Gasteiger partial charge in [-0.1, -0.05) is 15.9 Å². The van der Waals surface area contributed by atoms with Crippen LogP contribution in [-0.4, -0.2) is 17.8 Å². The van der Waals surface area contributed by atoms with E-state index < -0.39 is 6.10 Å². The highest BCUT2D eigenvalue weighted by molar-refractivity contribution is 9.10. The molecule has 4 heteroatoms. The number of ether oxygens (including phenoxy) is 1. The van der Waals surface area contributed by atoms with E-state index in [-0.39, 0.29) is 17.8 Å². The van der Waals surface area contributed by atoms with Crippen molar-refractivity contribution in [3.8, 4) is 0 Å². The molecule has 16 heavy (non-hydrogen) atoms. The molecule has 0 bridgehead atoms. The lowest BCUT2D eigenvalue weighted by atomic mass is 9.90. The Morgan fingerprint density at radius 2 is 2.31 bits per heavy atom. The predicted molar refractivity (Wildman–Crippen MR) is 62.6 cm³/mol. The quantitative estimate of drug-likeness (QED) is 0.906. The summed E-state index contributed by atoms with van der Waals surface area (Å²) >= 11 is 3.28. The summed E-state index contributed by atoms with van der Waals surface area (Å²) in [7, 11) is 0. The number of aliphatic hydroxyl groups is 1. The van der Waals surface area contributed by atoms with Crippen LogP contribution in [0.5, 0.6) is 0 Å². The van der Waals surface area contributed by atoms with Gasteiger partial charge in [0.15, 0.2) is 0 Å². The van der Waals surface area contributed by atoms with E-state index in [1.165, 1.54) is 6.07 Å². The molecule has 1 N–H and O–H groups in total. The van der Waals surface area contributed by atoms with Crippen molar-refractivity contribution in [3.63, 3.8) is 0 Å². The normalized spacial score (nSPS) is 27.0. The van der Waals surface area contributed by atoms with Gasteiger partial charge >= 0.3 is 0 Å². The predicted octanol–water partition coefficient (Wildman–Crippen LogP) is 3.05. The van der Waals surface area contributed by atoms with Crippen LogP contribution in [0.1, 0.15) is 25.0 Å². The van der Waals surface area contributed by atoms with E-state index in [9.17, 15) is 9.50 Å². The molecule has 1 aliphatic heterocycles. The van der Waals surface area contributed by atoms with E-state index in [2.05, 4.69) is 15.9 Å². The fourth-order valence-electron chi connectivity index (χ4n) is 2.13. The number of aliphatic hydroxyl groups excluding tert-OH is 1. The lowest BCUT2D eigenvalue weighted by molar-refractivity contribution is 0.0414. The minimum atomic E-state index is -0.796. The molecule has 1 heterocycles. The zero-order chi connectivity index (χ0) is 11.7. The van der Waals surface area contributed by atoms with Crippen molar-refractivity contribution in [3.05, 3.63) is 34.1 Å². The van der Waals surface area contributed by atoms with Crippen molar-refractivity contribution in [2.24, 2.45) is 5.92 Å². The first-order valence-corrected chi connectivity index (χ1v) is 6.13. The molecule has 0 aliphatic carbocycles. The van der Waals surface area contributed by atoms with Crippen LogP contribution in [0.2, 0.25) is 0 Å². The largest absolute Gasteiger partial charge is 0.388 e. The van der Waals surface area contributed by atoms with Gasteiger partial charge in [-0.15, -0.1) is 0 Å². The van der Waals surface area contributed by atoms with Crippen molar-refractivity contribution < 1.29 is 14.2 Å². The minimum Gasteiger partial charge on any atom is -0.388 e. The average molecular weight is 289 g/mol. The van der Waals surface area contributed by atoms with Gasteiger partial charge in [-0.2, -0.15) is 0 Å². The summed E-state index contributed by atoms with van der Waals surface area (Å²) in [6, 6.07) is 4.62. The summed E-state index contributed by atoms with van der Waals surface area (Å²) in [5.74, 6) is -0.390. The van der Waals surface area contributed by atoms with Crippen LogP contribution in [0, 0.1) is 11.7 Å². The molecule has 0 aromatic heterocycles. The molecule has 1 saturated heterocycles. The van der Waals surface area contributed by atoms with Crippen LogP contribution in [0.4, 0.5) is 4.39 Å². The second kappa shape index (κ2) is 4.82. The summed E-state index contributed by atoms with van der Waals surface area (Å²) in [5.41, 5.74) is 0.344. The minimum absolute atomic E-state index is 0.0200. The van der Waals surface area contributed by atoms with Gasteiger partial charge in [0.1, 0.15) is 5.82 Å². The molecule has 1 aromatic rings. The molecule has 0 saturated carbocycles. The van der Waals surface area contributed by atoms with E-state index in [0.29, 0.717) is 12.2 Å². The van der Waals surface area contributed by atoms with Gasteiger partial charge in [-0.25, -0.2) is 4.39 Å². The van der Waals surface area contributed by atoms with Crippen molar-refractivity contribution in [2.75, 3.05) is 6.61 Å². The number of hydrogen-bond acceptors (Lipinski definition) is 2. The van der Waals surface area contributed by atoms with E-state index in [0.717, 1.165) is 10.9 Å². The highest BCUT2D eigenvalue weighted by Crippen LogP contribution is 2.35. The Kier molecular flexibility index (Phi) is 3.62. The Hall–Kier alpha value is -0.450. The van der Waals surface area contributed by atoms with Gasteiger partial charge in [0, 0.05) is 22.6 Å².